The first-order valence-electron chi connectivity index (χ1n) is 7.77. The van der Waals surface area contributed by atoms with Gasteiger partial charge in [-0.05, 0) is 62.5 Å². The van der Waals surface area contributed by atoms with Crippen LogP contribution in [0.2, 0.25) is 0 Å². The number of nitrogens with zero attached hydrogens (tertiary/aromatic N) is 3. The van der Waals surface area contributed by atoms with Crippen LogP contribution in [0.15, 0.2) is 10.5 Å². The van der Waals surface area contributed by atoms with Gasteiger partial charge in [-0.25, -0.2) is 14.8 Å². The predicted octanol–water partition coefficient (Wildman–Crippen LogP) is 4.10. The number of H-pyrrole nitrogens is 1. The summed E-state index contributed by atoms with van der Waals surface area (Å²) in [5, 5.41) is 0. The van der Waals surface area contributed by atoms with E-state index in [1.54, 1.807) is 4.90 Å². The molecule has 1 atom stereocenters. The van der Waals surface area contributed by atoms with Crippen LogP contribution in [0.5, 0.6) is 0 Å². The number of rotatable bonds is 1. The van der Waals surface area contributed by atoms with Crippen LogP contribution < -0.4 is 0 Å². The van der Waals surface area contributed by atoms with E-state index in [0.717, 1.165) is 34.3 Å². The van der Waals surface area contributed by atoms with E-state index >= 15 is 0 Å². The lowest BCUT2D eigenvalue weighted by Crippen LogP contribution is -2.36. The Kier molecular flexibility index (Phi) is 4.08. The molecule has 1 aliphatic rings. The van der Waals surface area contributed by atoms with Crippen molar-refractivity contribution in [1.29, 1.82) is 0 Å². The Hall–Kier alpha value is -1.63. The van der Waals surface area contributed by atoms with Crippen molar-refractivity contribution < 1.29 is 9.53 Å². The quantitative estimate of drug-likeness (QED) is 0.807. The third kappa shape index (κ3) is 3.34. The van der Waals surface area contributed by atoms with Crippen LogP contribution in [-0.2, 0) is 4.74 Å². The highest BCUT2D eigenvalue weighted by atomic mass is 79.9. The number of ether oxygens (including phenoxy) is 1. The van der Waals surface area contributed by atoms with Gasteiger partial charge in [0.2, 0.25) is 0 Å². The molecule has 23 heavy (non-hydrogen) atoms. The molecule has 0 radical (unpaired) electrons. The lowest BCUT2D eigenvalue weighted by atomic mass is 10.2. The third-order valence-corrected chi connectivity index (χ3v) is 4.62. The second-order valence-electron chi connectivity index (χ2n) is 6.88. The summed E-state index contributed by atoms with van der Waals surface area (Å²) in [6.07, 6.45) is 1.53. The monoisotopic (exact) mass is 380 g/mol. The number of pyridine rings is 1. The molecule has 0 unspecified atom stereocenters. The Morgan fingerprint density at radius 1 is 1.43 bits per heavy atom. The van der Waals surface area contributed by atoms with Crippen molar-refractivity contribution in [2.75, 3.05) is 6.54 Å². The van der Waals surface area contributed by atoms with Crippen LogP contribution in [-0.4, -0.2) is 38.1 Å². The largest absolute Gasteiger partial charge is 0.444 e. The fraction of sp³-hybridized carbons (Fsp3) is 0.562. The number of amides is 1. The van der Waals surface area contributed by atoms with Gasteiger partial charge in [0.25, 0.3) is 0 Å². The summed E-state index contributed by atoms with van der Waals surface area (Å²) in [5.41, 5.74) is 1.94. The van der Waals surface area contributed by atoms with Crippen molar-refractivity contribution in [3.63, 3.8) is 0 Å². The maximum atomic E-state index is 12.4. The summed E-state index contributed by atoms with van der Waals surface area (Å²) in [4.78, 5) is 26.5. The number of fused-ring (bicyclic) bond motifs is 1. The minimum atomic E-state index is -0.498. The van der Waals surface area contributed by atoms with Crippen molar-refractivity contribution >= 4 is 33.2 Å². The van der Waals surface area contributed by atoms with Crippen molar-refractivity contribution in [2.24, 2.45) is 0 Å². The minimum Gasteiger partial charge on any atom is -0.444 e. The van der Waals surface area contributed by atoms with Gasteiger partial charge in [0.1, 0.15) is 11.4 Å². The van der Waals surface area contributed by atoms with Gasteiger partial charge in [0.15, 0.2) is 5.65 Å². The zero-order valence-electron chi connectivity index (χ0n) is 13.8. The van der Waals surface area contributed by atoms with Crippen molar-refractivity contribution in [3.8, 4) is 0 Å². The van der Waals surface area contributed by atoms with Gasteiger partial charge in [0.05, 0.1) is 17.3 Å². The average Bonchev–Trinajstić information content (AvgIpc) is 3.03. The SMILES string of the molecule is Cc1nc2nc([C@@H]3CCCN3C(=O)OC(C)(C)C)[nH]c2cc1Br. The van der Waals surface area contributed by atoms with Gasteiger partial charge in [0, 0.05) is 11.0 Å². The van der Waals surface area contributed by atoms with Crippen LogP contribution in [0.25, 0.3) is 11.2 Å². The van der Waals surface area contributed by atoms with Crippen LogP contribution in [0, 0.1) is 6.92 Å². The Labute approximate surface area is 143 Å². The number of hydrogen-bond acceptors (Lipinski definition) is 4. The maximum Gasteiger partial charge on any atom is 0.410 e. The van der Waals surface area contributed by atoms with Gasteiger partial charge in [-0.1, -0.05) is 0 Å². The molecular formula is C16H21BrN4O2. The molecule has 0 spiro atoms. The average molecular weight is 381 g/mol. The summed E-state index contributed by atoms with van der Waals surface area (Å²) in [7, 11) is 0. The highest BCUT2D eigenvalue weighted by molar-refractivity contribution is 9.10. The molecular weight excluding hydrogens is 360 g/mol. The van der Waals surface area contributed by atoms with Crippen molar-refractivity contribution in [1.82, 2.24) is 19.9 Å². The van der Waals surface area contributed by atoms with Gasteiger partial charge >= 0.3 is 6.09 Å². The first-order valence-corrected chi connectivity index (χ1v) is 8.56. The first kappa shape index (κ1) is 16.2. The molecule has 7 heteroatoms. The zero-order valence-corrected chi connectivity index (χ0v) is 15.4. The predicted molar refractivity (Wildman–Crippen MR) is 91.2 cm³/mol. The second-order valence-corrected chi connectivity index (χ2v) is 7.73. The van der Waals surface area contributed by atoms with E-state index in [-0.39, 0.29) is 12.1 Å². The molecule has 0 saturated carbocycles. The molecule has 1 aliphatic heterocycles. The number of carbonyl (C=O) groups is 1. The normalized spacial score (nSPS) is 18.7. The number of imidazole rings is 1. The number of aromatic amines is 1. The van der Waals surface area contributed by atoms with Crippen LogP contribution in [0.3, 0.4) is 0 Å². The van der Waals surface area contributed by atoms with Crippen LogP contribution in [0.1, 0.15) is 51.2 Å². The fourth-order valence-corrected chi connectivity index (χ4v) is 3.09. The Morgan fingerprint density at radius 3 is 2.87 bits per heavy atom. The van der Waals surface area contributed by atoms with E-state index in [9.17, 15) is 4.79 Å². The van der Waals surface area contributed by atoms with Gasteiger partial charge < -0.3 is 9.72 Å². The number of likely N-dealkylation sites (tertiary alicyclic amines) is 1. The molecule has 0 aromatic carbocycles. The topological polar surface area (TPSA) is 71.1 Å². The Morgan fingerprint density at radius 2 is 2.17 bits per heavy atom. The number of aryl methyl sites for hydroxylation is 1. The molecule has 3 heterocycles. The van der Waals surface area contributed by atoms with Crippen LogP contribution in [0.4, 0.5) is 4.79 Å². The number of carbonyl (C=O) groups excluding carboxylic acids is 1. The third-order valence-electron chi connectivity index (χ3n) is 3.82. The smallest absolute Gasteiger partial charge is 0.410 e. The molecule has 1 amide bonds. The highest BCUT2D eigenvalue weighted by Gasteiger charge is 2.35. The second kappa shape index (κ2) is 5.78. The van der Waals surface area contributed by atoms with Crippen molar-refractivity contribution in [2.45, 2.75) is 52.2 Å². The molecule has 1 fully saturated rings. The Balaban J connectivity index is 1.89. The van der Waals surface area contributed by atoms with Crippen LogP contribution >= 0.6 is 15.9 Å². The number of aromatic nitrogens is 3. The maximum absolute atomic E-state index is 12.4. The van der Waals surface area contributed by atoms with E-state index in [2.05, 4.69) is 30.9 Å². The number of halogens is 1. The zero-order chi connectivity index (χ0) is 16.8. The molecule has 124 valence electrons. The van der Waals surface area contributed by atoms with Gasteiger partial charge in [-0.2, -0.15) is 0 Å². The highest BCUT2D eigenvalue weighted by Crippen LogP contribution is 2.33. The summed E-state index contributed by atoms with van der Waals surface area (Å²) in [5.74, 6) is 0.772. The molecule has 1 saturated heterocycles. The van der Waals surface area contributed by atoms with Gasteiger partial charge in [-0.3, -0.25) is 4.90 Å². The molecule has 1 N–H and O–H groups in total. The number of hydrogen-bond donors (Lipinski definition) is 1. The molecule has 2 aromatic rings. The van der Waals surface area contributed by atoms with E-state index in [0.29, 0.717) is 12.2 Å². The molecule has 0 bridgehead atoms. The fourth-order valence-electron chi connectivity index (χ4n) is 2.77. The number of nitrogens with one attached hydrogen (secondary N) is 1. The molecule has 6 nitrogen and oxygen atoms in total. The molecule has 3 rings (SSSR count). The Bertz CT molecular complexity index is 711. The van der Waals surface area contributed by atoms with Crippen molar-refractivity contribution in [3.05, 3.63) is 22.1 Å². The summed E-state index contributed by atoms with van der Waals surface area (Å²) >= 11 is 3.48. The minimum absolute atomic E-state index is 0.0851. The molecule has 0 aliphatic carbocycles. The lowest BCUT2D eigenvalue weighted by molar-refractivity contribution is 0.0219. The van der Waals surface area contributed by atoms with E-state index in [1.165, 1.54) is 0 Å². The van der Waals surface area contributed by atoms with E-state index in [1.807, 2.05) is 33.8 Å². The van der Waals surface area contributed by atoms with E-state index in [4.69, 9.17) is 4.74 Å². The van der Waals surface area contributed by atoms with Gasteiger partial charge in [-0.15, -0.1) is 0 Å². The molecule has 2 aromatic heterocycles. The standard InChI is InChI=1S/C16H21BrN4O2/c1-9-10(17)8-11-13(18-9)20-14(19-11)12-6-5-7-21(12)15(22)23-16(2,3)4/h8,12H,5-7H2,1-4H3,(H,18,19,20)/t12-/m0/s1. The van der Waals surface area contributed by atoms with E-state index < -0.39 is 5.60 Å². The lowest BCUT2D eigenvalue weighted by Gasteiger charge is -2.27. The first-order chi connectivity index (χ1) is 10.7. The summed E-state index contributed by atoms with van der Waals surface area (Å²) in [6.45, 7) is 8.25. The summed E-state index contributed by atoms with van der Waals surface area (Å²) < 4.78 is 6.45. The summed E-state index contributed by atoms with van der Waals surface area (Å²) in [6, 6.07) is 1.89.